The molecule has 0 saturated heterocycles. The molecule has 0 spiro atoms. The van der Waals surface area contributed by atoms with Crippen molar-refractivity contribution in [3.8, 4) is 5.75 Å². The summed E-state index contributed by atoms with van der Waals surface area (Å²) < 4.78 is 6.32. The van der Waals surface area contributed by atoms with Crippen LogP contribution in [-0.4, -0.2) is 25.6 Å². The fraction of sp³-hybridized carbons (Fsp3) is 0.417. The largest absolute Gasteiger partial charge is 0.494 e. The Morgan fingerprint density at radius 3 is 2.37 bits per heavy atom. The Bertz CT molecular complexity index is 804. The van der Waals surface area contributed by atoms with Crippen LogP contribution in [-0.2, 0) is 6.54 Å². The van der Waals surface area contributed by atoms with E-state index in [0.29, 0.717) is 18.2 Å². The van der Waals surface area contributed by atoms with Gasteiger partial charge in [-0.15, -0.1) is 0 Å². The van der Waals surface area contributed by atoms with Gasteiger partial charge in [-0.25, -0.2) is 0 Å². The minimum atomic E-state index is 0.653. The lowest BCUT2D eigenvalue weighted by atomic mass is 10.0. The van der Waals surface area contributed by atoms with E-state index in [1.807, 2.05) is 18.0 Å². The number of methoxy groups -OCH3 is 1. The number of nitrogens with two attached hydrogens (primary N) is 2. The van der Waals surface area contributed by atoms with Crippen LogP contribution >= 0.6 is 15.9 Å². The highest BCUT2D eigenvalue weighted by atomic mass is 79.9. The Morgan fingerprint density at radius 2 is 1.87 bits per heavy atom. The topological polar surface area (TPSA) is 76.5 Å². The summed E-state index contributed by atoms with van der Waals surface area (Å²) in [6.45, 7) is 10.2. The van der Waals surface area contributed by atoms with E-state index in [2.05, 4.69) is 73.2 Å². The van der Waals surface area contributed by atoms with Gasteiger partial charge in [-0.1, -0.05) is 50.6 Å². The maximum Gasteiger partial charge on any atom is 0.144 e. The van der Waals surface area contributed by atoms with Gasteiger partial charge in [0.05, 0.1) is 12.8 Å². The number of aryl methyl sites for hydroxylation is 1. The number of benzene rings is 2. The van der Waals surface area contributed by atoms with Gasteiger partial charge in [0, 0.05) is 37.0 Å². The van der Waals surface area contributed by atoms with Crippen LogP contribution in [0.15, 0.2) is 47.2 Å². The zero-order valence-corrected chi connectivity index (χ0v) is 20.7. The zero-order valence-electron chi connectivity index (χ0n) is 19.1. The average Bonchev–Trinajstić information content (AvgIpc) is 2.71. The first-order chi connectivity index (χ1) is 14.2. The van der Waals surface area contributed by atoms with Gasteiger partial charge in [-0.2, -0.15) is 0 Å². The molecule has 0 heterocycles. The van der Waals surface area contributed by atoms with E-state index in [-0.39, 0.29) is 0 Å². The van der Waals surface area contributed by atoms with E-state index in [4.69, 9.17) is 16.2 Å². The third-order valence-corrected chi connectivity index (χ3v) is 5.55. The predicted octanol–water partition coefficient (Wildman–Crippen LogP) is 5.84. The van der Waals surface area contributed by atoms with Crippen LogP contribution in [0, 0.1) is 6.92 Å². The number of anilines is 2. The minimum Gasteiger partial charge on any atom is -0.494 e. The predicted molar refractivity (Wildman–Crippen MR) is 134 cm³/mol. The molecule has 166 valence electrons. The van der Waals surface area contributed by atoms with Crippen LogP contribution in [0.2, 0.25) is 0 Å². The summed E-state index contributed by atoms with van der Waals surface area (Å²) in [6, 6.07) is 10.7. The van der Waals surface area contributed by atoms with Gasteiger partial charge in [0.2, 0.25) is 0 Å². The van der Waals surface area contributed by atoms with Crippen LogP contribution in [0.5, 0.6) is 5.75 Å². The average molecular weight is 477 g/mol. The third-order valence-electron chi connectivity index (χ3n) is 4.62. The first-order valence-electron chi connectivity index (χ1n) is 10.3. The Balaban J connectivity index is 0.000000375. The summed E-state index contributed by atoms with van der Waals surface area (Å²) in [7, 11) is 3.59. The number of nitrogens with one attached hydrogen (secondary N) is 1. The first kappa shape index (κ1) is 25.7. The van der Waals surface area contributed by atoms with Crippen LogP contribution in [0.4, 0.5) is 11.4 Å². The van der Waals surface area contributed by atoms with Crippen molar-refractivity contribution in [3.05, 3.63) is 63.9 Å². The number of ether oxygens (including phenoxy) is 1. The Labute approximate surface area is 190 Å². The fourth-order valence-electron chi connectivity index (χ4n) is 2.84. The van der Waals surface area contributed by atoms with E-state index in [9.17, 15) is 0 Å². The number of hydrogen-bond donors (Lipinski definition) is 3. The van der Waals surface area contributed by atoms with E-state index >= 15 is 0 Å². The summed E-state index contributed by atoms with van der Waals surface area (Å²) >= 11 is 3.56. The Morgan fingerprint density at radius 1 is 1.23 bits per heavy atom. The summed E-state index contributed by atoms with van der Waals surface area (Å²) in [5.41, 5.74) is 16.9. The molecule has 5 nitrogen and oxygen atoms in total. The molecule has 0 atom stereocenters. The number of nitrogen functional groups attached to an aromatic ring is 1. The molecule has 0 radical (unpaired) electrons. The van der Waals surface area contributed by atoms with Gasteiger partial charge in [0.25, 0.3) is 0 Å². The molecule has 2 rings (SSSR count). The quantitative estimate of drug-likeness (QED) is 0.417. The molecule has 0 saturated carbocycles. The van der Waals surface area contributed by atoms with E-state index in [0.717, 1.165) is 34.4 Å². The van der Waals surface area contributed by atoms with Gasteiger partial charge in [-0.3, -0.25) is 0 Å². The van der Waals surface area contributed by atoms with Crippen molar-refractivity contribution in [2.24, 2.45) is 5.73 Å². The van der Waals surface area contributed by atoms with Crippen LogP contribution in [0.1, 0.15) is 49.8 Å². The maximum absolute atomic E-state index is 6.20. The lowest BCUT2D eigenvalue weighted by Crippen LogP contribution is -2.13. The molecule has 0 aliphatic carbocycles. The fourth-order valence-corrected chi connectivity index (χ4v) is 3.28. The van der Waals surface area contributed by atoms with Crippen LogP contribution in [0.25, 0.3) is 0 Å². The lowest BCUT2D eigenvalue weighted by Gasteiger charge is -2.20. The maximum atomic E-state index is 6.20. The summed E-state index contributed by atoms with van der Waals surface area (Å²) in [4.78, 5) is 1.97. The zero-order chi connectivity index (χ0) is 22.7. The van der Waals surface area contributed by atoms with E-state index < -0.39 is 0 Å². The molecule has 5 N–H and O–H groups in total. The number of nitrogens with zero attached hydrogens (tertiary/aromatic N) is 1. The van der Waals surface area contributed by atoms with Crippen molar-refractivity contribution in [3.63, 3.8) is 0 Å². The summed E-state index contributed by atoms with van der Waals surface area (Å²) in [6.07, 6.45) is 4.33. The van der Waals surface area contributed by atoms with E-state index in [1.54, 1.807) is 13.3 Å². The minimum absolute atomic E-state index is 0.653. The molecule has 0 fully saturated rings. The van der Waals surface area contributed by atoms with Crippen molar-refractivity contribution in [2.45, 2.75) is 46.6 Å². The Hall–Kier alpha value is -2.34. The molecule has 30 heavy (non-hydrogen) atoms. The summed E-state index contributed by atoms with van der Waals surface area (Å²) in [5, 5.41) is 3.30. The third kappa shape index (κ3) is 7.82. The first-order valence-corrected chi connectivity index (χ1v) is 11.1. The number of hydrogen-bond acceptors (Lipinski definition) is 5. The van der Waals surface area contributed by atoms with Crippen molar-refractivity contribution < 1.29 is 4.74 Å². The summed E-state index contributed by atoms with van der Waals surface area (Å²) in [5.74, 6) is 1.40. The smallest absolute Gasteiger partial charge is 0.144 e. The van der Waals surface area contributed by atoms with Gasteiger partial charge in [0.1, 0.15) is 11.4 Å². The highest BCUT2D eigenvalue weighted by Gasteiger charge is 2.15. The molecule has 6 heteroatoms. The van der Waals surface area contributed by atoms with Crippen molar-refractivity contribution in [1.82, 2.24) is 4.90 Å². The van der Waals surface area contributed by atoms with Gasteiger partial charge < -0.3 is 26.4 Å². The monoisotopic (exact) mass is 476 g/mol. The molecular weight excluding hydrogens is 440 g/mol. The Kier molecular flexibility index (Phi) is 11.2. The molecule has 0 amide bonds. The lowest BCUT2D eigenvalue weighted by molar-refractivity contribution is 0.412. The second kappa shape index (κ2) is 13.1. The molecular formula is C24H37BrN4O. The van der Waals surface area contributed by atoms with Crippen LogP contribution < -0.4 is 21.5 Å². The van der Waals surface area contributed by atoms with Crippen molar-refractivity contribution in [2.75, 3.05) is 31.8 Å². The van der Waals surface area contributed by atoms with Gasteiger partial charge >= 0.3 is 0 Å². The molecule has 2 aromatic carbocycles. The van der Waals surface area contributed by atoms with Gasteiger partial charge in [-0.05, 0) is 52.4 Å². The van der Waals surface area contributed by atoms with Gasteiger partial charge in [0.15, 0.2) is 0 Å². The molecule has 2 aromatic rings. The highest BCUT2D eigenvalue weighted by molar-refractivity contribution is 9.10. The second-order valence-electron chi connectivity index (χ2n) is 7.59. The molecule has 0 aliphatic heterocycles. The molecule has 0 aliphatic rings. The molecule has 0 aromatic heterocycles. The SMILES string of the molecule is CCCNc1c(OC)cc(CN(C)/C=C\N)c(Br)c1N.Cc1ccc(C(C)C)cc1. The van der Waals surface area contributed by atoms with Crippen molar-refractivity contribution in [1.29, 1.82) is 0 Å². The molecule has 0 bridgehead atoms. The van der Waals surface area contributed by atoms with E-state index in [1.165, 1.54) is 17.3 Å². The highest BCUT2D eigenvalue weighted by Crippen LogP contribution is 2.39. The number of rotatable bonds is 8. The van der Waals surface area contributed by atoms with Crippen molar-refractivity contribution >= 4 is 27.3 Å². The van der Waals surface area contributed by atoms with Crippen LogP contribution in [0.3, 0.4) is 0 Å². The second-order valence-corrected chi connectivity index (χ2v) is 8.38. The number of halogens is 1. The normalized spacial score (nSPS) is 10.7. The molecule has 0 unspecified atom stereocenters. The standard InChI is InChI=1S/C14H23BrN4O.C10H14/c1-4-6-18-14-11(20-3)8-10(12(15)13(14)17)9-19(2)7-5-16;1-8(2)10-6-4-9(3)5-7-10/h5,7-8,18H,4,6,9,16-17H2,1-3H3;4-8H,1-3H3/b7-5-;.